The van der Waals surface area contributed by atoms with Gasteiger partial charge in [-0.25, -0.2) is 0 Å². The van der Waals surface area contributed by atoms with E-state index in [1.165, 1.54) is 0 Å². The van der Waals surface area contributed by atoms with Gasteiger partial charge >= 0.3 is 0 Å². The van der Waals surface area contributed by atoms with Gasteiger partial charge in [-0.2, -0.15) is 0 Å². The minimum Gasteiger partial charge on any atom is -0.490 e. The van der Waals surface area contributed by atoms with Gasteiger partial charge in [-0.05, 0) is 31.9 Å². The largest absolute Gasteiger partial charge is 0.490 e. The van der Waals surface area contributed by atoms with Crippen LogP contribution in [0, 0.1) is 0 Å². The van der Waals surface area contributed by atoms with Crippen molar-refractivity contribution in [2.24, 2.45) is 5.73 Å². The molecule has 1 saturated heterocycles. The molecule has 1 aromatic rings. The van der Waals surface area contributed by atoms with Crippen LogP contribution in [0.5, 0.6) is 5.75 Å². The number of halogens is 1. The van der Waals surface area contributed by atoms with Crippen LogP contribution in [-0.4, -0.2) is 19.3 Å². The van der Waals surface area contributed by atoms with E-state index in [4.69, 9.17) is 15.2 Å². The van der Waals surface area contributed by atoms with Crippen molar-refractivity contribution in [2.75, 3.05) is 13.2 Å². The van der Waals surface area contributed by atoms with E-state index in [2.05, 4.69) is 15.9 Å². The van der Waals surface area contributed by atoms with E-state index in [0.29, 0.717) is 6.61 Å². The minimum atomic E-state index is -0.0254. The molecule has 94 valence electrons. The number of rotatable bonds is 4. The summed E-state index contributed by atoms with van der Waals surface area (Å²) in [6.45, 7) is 3.42. The predicted molar refractivity (Wildman–Crippen MR) is 71.2 cm³/mol. The topological polar surface area (TPSA) is 44.5 Å². The molecule has 0 spiro atoms. The zero-order valence-corrected chi connectivity index (χ0v) is 11.6. The molecule has 0 saturated carbocycles. The van der Waals surface area contributed by atoms with Gasteiger partial charge < -0.3 is 15.2 Å². The minimum absolute atomic E-state index is 0.0254. The third kappa shape index (κ3) is 3.44. The molecule has 0 aliphatic carbocycles. The van der Waals surface area contributed by atoms with Crippen molar-refractivity contribution in [3.63, 3.8) is 0 Å². The zero-order valence-electron chi connectivity index (χ0n) is 9.99. The summed E-state index contributed by atoms with van der Waals surface area (Å²) in [5.41, 5.74) is 6.96. The molecule has 4 heteroatoms. The zero-order chi connectivity index (χ0) is 12.3. The quantitative estimate of drug-likeness (QED) is 0.929. The average Bonchev–Trinajstić information content (AvgIpc) is 2.78. The number of hydrogen-bond acceptors (Lipinski definition) is 3. The molecule has 0 bridgehead atoms. The van der Waals surface area contributed by atoms with Gasteiger partial charge in [0.05, 0.1) is 6.10 Å². The van der Waals surface area contributed by atoms with Crippen LogP contribution in [0.2, 0.25) is 0 Å². The van der Waals surface area contributed by atoms with Crippen LogP contribution in [0.25, 0.3) is 0 Å². The first-order chi connectivity index (χ1) is 8.16. The predicted octanol–water partition coefficient (Wildman–Crippen LogP) is 3.03. The smallest absolute Gasteiger partial charge is 0.125 e. The molecule has 2 N–H and O–H groups in total. The highest BCUT2D eigenvalue weighted by Gasteiger charge is 2.17. The maximum Gasteiger partial charge on any atom is 0.125 e. The summed E-state index contributed by atoms with van der Waals surface area (Å²) >= 11 is 3.45. The molecular formula is C13H18BrNO2. The molecule has 0 radical (unpaired) electrons. The standard InChI is InChI=1S/C13H18BrNO2/c1-9(15)12-5-4-10(14)7-13(12)17-8-11-3-2-6-16-11/h4-5,7,9,11H,2-3,6,8,15H2,1H3/t9-,11?/m0/s1. The van der Waals surface area contributed by atoms with E-state index in [9.17, 15) is 0 Å². The third-order valence-corrected chi connectivity index (χ3v) is 3.41. The van der Waals surface area contributed by atoms with Crippen molar-refractivity contribution in [3.05, 3.63) is 28.2 Å². The Balaban J connectivity index is 2.04. The normalized spacial score (nSPS) is 21.5. The lowest BCUT2D eigenvalue weighted by Crippen LogP contribution is -2.18. The Labute approximate surface area is 110 Å². The van der Waals surface area contributed by atoms with Gasteiger partial charge in [0.2, 0.25) is 0 Å². The Kier molecular flexibility index (Phi) is 4.42. The van der Waals surface area contributed by atoms with Crippen LogP contribution in [0.3, 0.4) is 0 Å². The Morgan fingerprint density at radius 3 is 3.06 bits per heavy atom. The fraction of sp³-hybridized carbons (Fsp3) is 0.538. The fourth-order valence-electron chi connectivity index (χ4n) is 1.97. The second kappa shape index (κ2) is 5.85. The molecule has 1 fully saturated rings. The fourth-order valence-corrected chi connectivity index (χ4v) is 2.31. The van der Waals surface area contributed by atoms with Crippen molar-refractivity contribution >= 4 is 15.9 Å². The molecular weight excluding hydrogens is 282 g/mol. The van der Waals surface area contributed by atoms with Gasteiger partial charge in [0.1, 0.15) is 12.4 Å². The van der Waals surface area contributed by atoms with Crippen LogP contribution in [0.1, 0.15) is 31.4 Å². The lowest BCUT2D eigenvalue weighted by Gasteiger charge is -2.16. The maximum absolute atomic E-state index is 5.92. The molecule has 17 heavy (non-hydrogen) atoms. The van der Waals surface area contributed by atoms with Gasteiger partial charge in [0, 0.05) is 22.7 Å². The van der Waals surface area contributed by atoms with Crippen molar-refractivity contribution < 1.29 is 9.47 Å². The van der Waals surface area contributed by atoms with Crippen molar-refractivity contribution in [1.82, 2.24) is 0 Å². The van der Waals surface area contributed by atoms with Gasteiger partial charge in [-0.3, -0.25) is 0 Å². The molecule has 2 atom stereocenters. The molecule has 1 aliphatic rings. The van der Waals surface area contributed by atoms with Crippen molar-refractivity contribution in [2.45, 2.75) is 31.9 Å². The second-order valence-electron chi connectivity index (χ2n) is 4.42. The first kappa shape index (κ1) is 12.9. The molecule has 2 rings (SSSR count). The number of nitrogens with two attached hydrogens (primary N) is 1. The first-order valence-corrected chi connectivity index (χ1v) is 6.75. The monoisotopic (exact) mass is 299 g/mol. The number of hydrogen-bond donors (Lipinski definition) is 1. The van der Waals surface area contributed by atoms with E-state index in [1.807, 2.05) is 25.1 Å². The lowest BCUT2D eigenvalue weighted by atomic mass is 10.1. The van der Waals surface area contributed by atoms with E-state index in [1.54, 1.807) is 0 Å². The summed E-state index contributed by atoms with van der Waals surface area (Å²) in [5.74, 6) is 0.852. The number of benzene rings is 1. The van der Waals surface area contributed by atoms with Gasteiger partial charge in [0.15, 0.2) is 0 Å². The highest BCUT2D eigenvalue weighted by molar-refractivity contribution is 9.10. The van der Waals surface area contributed by atoms with Crippen LogP contribution in [0.15, 0.2) is 22.7 Å². The summed E-state index contributed by atoms with van der Waals surface area (Å²) in [6.07, 6.45) is 2.45. The van der Waals surface area contributed by atoms with Gasteiger partial charge in [-0.15, -0.1) is 0 Å². The summed E-state index contributed by atoms with van der Waals surface area (Å²) in [6, 6.07) is 5.92. The number of ether oxygens (including phenoxy) is 2. The average molecular weight is 300 g/mol. The van der Waals surface area contributed by atoms with E-state index >= 15 is 0 Å². The van der Waals surface area contributed by atoms with Crippen LogP contribution in [-0.2, 0) is 4.74 Å². The Morgan fingerprint density at radius 1 is 1.59 bits per heavy atom. The van der Waals surface area contributed by atoms with Crippen LogP contribution < -0.4 is 10.5 Å². The van der Waals surface area contributed by atoms with Crippen molar-refractivity contribution in [3.8, 4) is 5.75 Å². The van der Waals surface area contributed by atoms with Gasteiger partial charge in [-0.1, -0.05) is 22.0 Å². The molecule has 0 amide bonds. The molecule has 1 unspecified atom stereocenters. The highest BCUT2D eigenvalue weighted by Crippen LogP contribution is 2.28. The van der Waals surface area contributed by atoms with Crippen LogP contribution >= 0.6 is 15.9 Å². The van der Waals surface area contributed by atoms with Gasteiger partial charge in [0.25, 0.3) is 0 Å². The Bertz CT molecular complexity index is 376. The second-order valence-corrected chi connectivity index (χ2v) is 5.33. The summed E-state index contributed by atoms with van der Waals surface area (Å²) in [5, 5.41) is 0. The van der Waals surface area contributed by atoms with E-state index in [-0.39, 0.29) is 12.1 Å². The molecule has 0 aromatic heterocycles. The highest BCUT2D eigenvalue weighted by atomic mass is 79.9. The molecule has 1 heterocycles. The molecule has 3 nitrogen and oxygen atoms in total. The third-order valence-electron chi connectivity index (χ3n) is 2.91. The summed E-state index contributed by atoms with van der Waals surface area (Å²) in [7, 11) is 0. The van der Waals surface area contributed by atoms with Crippen LogP contribution in [0.4, 0.5) is 0 Å². The molecule has 1 aliphatic heterocycles. The first-order valence-electron chi connectivity index (χ1n) is 5.96. The Morgan fingerprint density at radius 2 is 2.41 bits per heavy atom. The molecule has 1 aromatic carbocycles. The van der Waals surface area contributed by atoms with E-state index < -0.39 is 0 Å². The van der Waals surface area contributed by atoms with E-state index in [0.717, 1.165) is 35.2 Å². The van der Waals surface area contributed by atoms with Crippen molar-refractivity contribution in [1.29, 1.82) is 0 Å². The Hall–Kier alpha value is -0.580. The summed E-state index contributed by atoms with van der Waals surface area (Å²) < 4.78 is 12.4. The summed E-state index contributed by atoms with van der Waals surface area (Å²) in [4.78, 5) is 0. The maximum atomic E-state index is 5.92. The lowest BCUT2D eigenvalue weighted by molar-refractivity contribution is 0.0675. The SMILES string of the molecule is C[C@H](N)c1ccc(Br)cc1OCC1CCCO1.